The minimum absolute atomic E-state index is 0.0772. The van der Waals surface area contributed by atoms with Gasteiger partial charge < -0.3 is 10.1 Å². The molecule has 1 aromatic rings. The van der Waals surface area contributed by atoms with Gasteiger partial charge in [-0.25, -0.2) is 0 Å². The molecule has 4 heteroatoms. The molecule has 0 fully saturated rings. The van der Waals surface area contributed by atoms with Crippen LogP contribution in [0.25, 0.3) is 0 Å². The summed E-state index contributed by atoms with van der Waals surface area (Å²) in [5, 5.41) is 3.27. The lowest BCUT2D eigenvalue weighted by Crippen LogP contribution is -2.29. The third kappa shape index (κ3) is 6.07. The van der Waals surface area contributed by atoms with E-state index in [9.17, 15) is 4.79 Å². The SMILES string of the molecule is CCOC(=O)C(C)CNCCSc1ccccc1. The topological polar surface area (TPSA) is 38.3 Å². The third-order valence-corrected chi connectivity index (χ3v) is 3.44. The molecular weight excluding hydrogens is 246 g/mol. The number of benzene rings is 1. The molecule has 1 N–H and O–H groups in total. The zero-order valence-corrected chi connectivity index (χ0v) is 11.8. The highest BCUT2D eigenvalue weighted by atomic mass is 32.2. The maximum absolute atomic E-state index is 11.4. The van der Waals surface area contributed by atoms with Crippen molar-refractivity contribution in [2.75, 3.05) is 25.4 Å². The Bertz CT molecular complexity index is 343. The van der Waals surface area contributed by atoms with Crippen LogP contribution in [0.2, 0.25) is 0 Å². The summed E-state index contributed by atoms with van der Waals surface area (Å²) in [5.74, 6) is 0.798. The molecule has 0 aliphatic carbocycles. The molecule has 0 aromatic heterocycles. The van der Waals surface area contributed by atoms with Gasteiger partial charge in [-0.1, -0.05) is 25.1 Å². The fraction of sp³-hybridized carbons (Fsp3) is 0.500. The molecule has 0 heterocycles. The quantitative estimate of drug-likeness (QED) is 0.446. The van der Waals surface area contributed by atoms with Crippen molar-refractivity contribution in [3.63, 3.8) is 0 Å². The van der Waals surface area contributed by atoms with E-state index in [1.54, 1.807) is 0 Å². The predicted octanol–water partition coefficient (Wildman–Crippen LogP) is 2.57. The summed E-state index contributed by atoms with van der Waals surface area (Å²) >= 11 is 1.81. The summed E-state index contributed by atoms with van der Waals surface area (Å²) in [5.41, 5.74) is 0. The van der Waals surface area contributed by atoms with E-state index in [2.05, 4.69) is 17.4 Å². The Balaban J connectivity index is 2.07. The van der Waals surface area contributed by atoms with E-state index in [-0.39, 0.29) is 11.9 Å². The van der Waals surface area contributed by atoms with Crippen LogP contribution >= 0.6 is 11.8 Å². The highest BCUT2D eigenvalue weighted by Gasteiger charge is 2.12. The Morgan fingerprint density at radius 2 is 2.11 bits per heavy atom. The Kier molecular flexibility index (Phi) is 7.53. The maximum Gasteiger partial charge on any atom is 0.309 e. The lowest BCUT2D eigenvalue weighted by Gasteiger charge is -2.11. The second-order valence-corrected chi connectivity index (χ2v) is 5.19. The van der Waals surface area contributed by atoms with Gasteiger partial charge in [-0.3, -0.25) is 4.79 Å². The molecule has 0 radical (unpaired) electrons. The van der Waals surface area contributed by atoms with Crippen LogP contribution in [-0.2, 0) is 9.53 Å². The Morgan fingerprint density at radius 1 is 1.39 bits per heavy atom. The monoisotopic (exact) mass is 267 g/mol. The van der Waals surface area contributed by atoms with Crippen molar-refractivity contribution >= 4 is 17.7 Å². The van der Waals surface area contributed by atoms with Crippen LogP contribution in [0.4, 0.5) is 0 Å². The number of rotatable bonds is 8. The first-order valence-electron chi connectivity index (χ1n) is 6.29. The van der Waals surface area contributed by atoms with Crippen molar-refractivity contribution in [3.8, 4) is 0 Å². The summed E-state index contributed by atoms with van der Waals surface area (Å²) in [6.07, 6.45) is 0. The molecule has 1 aromatic carbocycles. The van der Waals surface area contributed by atoms with E-state index in [1.807, 2.05) is 43.8 Å². The van der Waals surface area contributed by atoms with Gasteiger partial charge in [0.1, 0.15) is 0 Å². The predicted molar refractivity (Wildman–Crippen MR) is 75.8 cm³/mol. The van der Waals surface area contributed by atoms with Crippen LogP contribution in [0.5, 0.6) is 0 Å². The van der Waals surface area contributed by atoms with Gasteiger partial charge in [0.2, 0.25) is 0 Å². The summed E-state index contributed by atoms with van der Waals surface area (Å²) < 4.78 is 4.95. The fourth-order valence-electron chi connectivity index (χ4n) is 1.44. The number of ether oxygens (including phenoxy) is 1. The third-order valence-electron chi connectivity index (χ3n) is 2.43. The normalized spacial score (nSPS) is 12.1. The zero-order chi connectivity index (χ0) is 13.2. The Labute approximate surface area is 113 Å². The molecule has 1 unspecified atom stereocenters. The highest BCUT2D eigenvalue weighted by molar-refractivity contribution is 7.99. The second-order valence-electron chi connectivity index (χ2n) is 4.02. The summed E-state index contributed by atoms with van der Waals surface area (Å²) in [7, 11) is 0. The number of carbonyl (C=O) groups is 1. The van der Waals surface area contributed by atoms with Gasteiger partial charge in [0.15, 0.2) is 0 Å². The van der Waals surface area contributed by atoms with Crippen molar-refractivity contribution in [3.05, 3.63) is 30.3 Å². The van der Waals surface area contributed by atoms with Gasteiger partial charge in [-0.2, -0.15) is 0 Å². The number of nitrogens with one attached hydrogen (secondary N) is 1. The summed E-state index contributed by atoms with van der Waals surface area (Å²) in [4.78, 5) is 12.6. The molecular formula is C14H21NO2S. The van der Waals surface area contributed by atoms with Gasteiger partial charge in [0.25, 0.3) is 0 Å². The number of thioether (sulfide) groups is 1. The summed E-state index contributed by atoms with van der Waals surface area (Å²) in [6, 6.07) is 10.3. The Morgan fingerprint density at radius 3 is 2.78 bits per heavy atom. The smallest absolute Gasteiger partial charge is 0.309 e. The minimum atomic E-state index is -0.124. The molecule has 0 bridgehead atoms. The van der Waals surface area contributed by atoms with Gasteiger partial charge in [-0.15, -0.1) is 11.8 Å². The number of hydrogen-bond donors (Lipinski definition) is 1. The average Bonchev–Trinajstić information content (AvgIpc) is 2.39. The van der Waals surface area contributed by atoms with E-state index in [1.165, 1.54) is 4.90 Å². The maximum atomic E-state index is 11.4. The van der Waals surface area contributed by atoms with Crippen LogP contribution < -0.4 is 5.32 Å². The van der Waals surface area contributed by atoms with Crippen LogP contribution in [-0.4, -0.2) is 31.4 Å². The molecule has 1 atom stereocenters. The van der Waals surface area contributed by atoms with Crippen LogP contribution in [0.3, 0.4) is 0 Å². The molecule has 0 spiro atoms. The lowest BCUT2D eigenvalue weighted by atomic mass is 10.2. The first kappa shape index (κ1) is 15.1. The molecule has 0 saturated heterocycles. The number of carbonyl (C=O) groups excluding carboxylic acids is 1. The molecule has 1 rings (SSSR count). The van der Waals surface area contributed by atoms with E-state index in [0.717, 1.165) is 12.3 Å². The summed E-state index contributed by atoms with van der Waals surface area (Å²) in [6.45, 7) is 5.73. The largest absolute Gasteiger partial charge is 0.466 e. The minimum Gasteiger partial charge on any atom is -0.466 e. The molecule has 0 amide bonds. The average molecular weight is 267 g/mol. The van der Waals surface area contributed by atoms with E-state index in [4.69, 9.17) is 4.74 Å². The zero-order valence-electron chi connectivity index (χ0n) is 11.0. The van der Waals surface area contributed by atoms with Gasteiger partial charge in [0, 0.05) is 23.7 Å². The van der Waals surface area contributed by atoms with Crippen molar-refractivity contribution in [2.24, 2.45) is 5.92 Å². The van der Waals surface area contributed by atoms with E-state index in [0.29, 0.717) is 13.2 Å². The number of esters is 1. The molecule has 100 valence electrons. The lowest BCUT2D eigenvalue weighted by molar-refractivity contribution is -0.147. The fourth-order valence-corrected chi connectivity index (χ4v) is 2.28. The second kappa shape index (κ2) is 9.00. The van der Waals surface area contributed by atoms with E-state index >= 15 is 0 Å². The molecule has 0 saturated carbocycles. The first-order chi connectivity index (χ1) is 8.74. The highest BCUT2D eigenvalue weighted by Crippen LogP contribution is 2.15. The van der Waals surface area contributed by atoms with Crippen LogP contribution in [0.1, 0.15) is 13.8 Å². The standard InChI is InChI=1S/C14H21NO2S/c1-3-17-14(16)12(2)11-15-9-10-18-13-7-5-4-6-8-13/h4-8,12,15H,3,9-11H2,1-2H3. The van der Waals surface area contributed by atoms with Crippen LogP contribution in [0, 0.1) is 5.92 Å². The van der Waals surface area contributed by atoms with Gasteiger partial charge in [0.05, 0.1) is 12.5 Å². The van der Waals surface area contributed by atoms with E-state index < -0.39 is 0 Å². The van der Waals surface area contributed by atoms with Crippen molar-refractivity contribution in [2.45, 2.75) is 18.7 Å². The molecule has 0 aliphatic heterocycles. The molecule has 18 heavy (non-hydrogen) atoms. The Hall–Kier alpha value is -1.00. The van der Waals surface area contributed by atoms with Crippen molar-refractivity contribution in [1.82, 2.24) is 5.32 Å². The van der Waals surface area contributed by atoms with Crippen molar-refractivity contribution < 1.29 is 9.53 Å². The van der Waals surface area contributed by atoms with Gasteiger partial charge >= 0.3 is 5.97 Å². The van der Waals surface area contributed by atoms with Crippen molar-refractivity contribution in [1.29, 1.82) is 0 Å². The first-order valence-corrected chi connectivity index (χ1v) is 7.27. The van der Waals surface area contributed by atoms with Crippen LogP contribution in [0.15, 0.2) is 35.2 Å². The molecule has 0 aliphatic rings. The number of hydrogen-bond acceptors (Lipinski definition) is 4. The molecule has 3 nitrogen and oxygen atoms in total. The van der Waals surface area contributed by atoms with Gasteiger partial charge in [-0.05, 0) is 19.1 Å².